The summed E-state index contributed by atoms with van der Waals surface area (Å²) in [6.07, 6.45) is 5.21. The molecule has 3 N–H and O–H groups in total. The second-order valence-electron chi connectivity index (χ2n) is 7.08. The molecule has 0 unspecified atom stereocenters. The number of rotatable bonds is 8. The number of methoxy groups -OCH3 is 1. The van der Waals surface area contributed by atoms with Gasteiger partial charge in [-0.1, -0.05) is 11.6 Å². The average Bonchev–Trinajstić information content (AvgIpc) is 3.28. The number of nitrogens with two attached hydrogens (primary N) is 1. The number of ether oxygens (including phenoxy) is 2. The van der Waals surface area contributed by atoms with E-state index < -0.39 is 5.91 Å². The van der Waals surface area contributed by atoms with E-state index in [1.54, 1.807) is 30.3 Å². The Labute approximate surface area is 186 Å². The molecule has 8 heteroatoms. The third kappa shape index (κ3) is 5.49. The molecular weight excluding hydrogens is 418 g/mol. The minimum Gasteiger partial charge on any atom is -0.493 e. The van der Waals surface area contributed by atoms with Crippen molar-refractivity contribution in [2.45, 2.75) is 19.8 Å². The summed E-state index contributed by atoms with van der Waals surface area (Å²) >= 11 is 6.29. The largest absolute Gasteiger partial charge is 0.493 e. The van der Waals surface area contributed by atoms with Crippen LogP contribution in [0.4, 0.5) is 11.4 Å². The van der Waals surface area contributed by atoms with Crippen molar-refractivity contribution in [3.63, 3.8) is 0 Å². The molecule has 2 aromatic rings. The zero-order valence-corrected chi connectivity index (χ0v) is 18.4. The Hall–Kier alpha value is -3.19. The van der Waals surface area contributed by atoms with Crippen LogP contribution in [0.3, 0.4) is 0 Å². The van der Waals surface area contributed by atoms with Crippen LogP contribution in [0.15, 0.2) is 36.4 Å². The van der Waals surface area contributed by atoms with Gasteiger partial charge in [-0.3, -0.25) is 9.59 Å². The van der Waals surface area contributed by atoms with Gasteiger partial charge in [-0.2, -0.15) is 0 Å². The van der Waals surface area contributed by atoms with E-state index in [4.69, 9.17) is 26.8 Å². The van der Waals surface area contributed by atoms with Gasteiger partial charge in [-0.25, -0.2) is 0 Å². The Morgan fingerprint density at radius 2 is 1.97 bits per heavy atom. The minimum atomic E-state index is -0.546. The number of hydrogen-bond donors (Lipinski definition) is 2. The molecule has 1 heterocycles. The van der Waals surface area contributed by atoms with Gasteiger partial charge in [0.05, 0.1) is 30.1 Å². The molecule has 0 saturated carbocycles. The fourth-order valence-electron chi connectivity index (χ4n) is 3.49. The summed E-state index contributed by atoms with van der Waals surface area (Å²) in [5.41, 5.74) is 7.86. The van der Waals surface area contributed by atoms with Gasteiger partial charge in [-0.15, -0.1) is 0 Å². The lowest BCUT2D eigenvalue weighted by atomic mass is 10.1. The molecular formula is C23H26ClN3O4. The van der Waals surface area contributed by atoms with Crippen LogP contribution in [0.1, 0.15) is 35.7 Å². The highest BCUT2D eigenvalue weighted by molar-refractivity contribution is 6.32. The highest BCUT2D eigenvalue weighted by Gasteiger charge is 2.18. The fourth-order valence-corrected chi connectivity index (χ4v) is 3.76. The van der Waals surface area contributed by atoms with Crippen molar-refractivity contribution < 1.29 is 19.1 Å². The van der Waals surface area contributed by atoms with E-state index in [2.05, 4.69) is 10.2 Å². The smallest absolute Gasteiger partial charge is 0.248 e. The van der Waals surface area contributed by atoms with Gasteiger partial charge in [0.2, 0.25) is 11.8 Å². The Morgan fingerprint density at radius 3 is 2.61 bits per heavy atom. The lowest BCUT2D eigenvalue weighted by Gasteiger charge is -2.22. The van der Waals surface area contributed by atoms with Gasteiger partial charge in [0.15, 0.2) is 11.5 Å². The Morgan fingerprint density at radius 1 is 1.23 bits per heavy atom. The average molecular weight is 444 g/mol. The summed E-state index contributed by atoms with van der Waals surface area (Å²) in [6, 6.07) is 8.54. The standard InChI is InChI=1S/C23H26ClN3O4/c1-3-31-22-17(24)12-15(13-20(22)30-2)6-9-21(28)26-18-14-16(23(25)29)7-8-19(18)27-10-4-5-11-27/h6-9,12-14H,3-5,10-11H2,1-2H3,(H2,25,29)(H,26,28)/b9-6+. The van der Waals surface area contributed by atoms with Crippen molar-refractivity contribution in [3.8, 4) is 11.5 Å². The van der Waals surface area contributed by atoms with Gasteiger partial charge in [-0.05, 0) is 61.7 Å². The van der Waals surface area contributed by atoms with Gasteiger partial charge in [0.25, 0.3) is 0 Å². The molecule has 1 saturated heterocycles. The van der Waals surface area contributed by atoms with Crippen LogP contribution >= 0.6 is 11.6 Å². The molecule has 0 radical (unpaired) electrons. The summed E-state index contributed by atoms with van der Waals surface area (Å²) in [7, 11) is 1.53. The van der Waals surface area contributed by atoms with E-state index in [1.165, 1.54) is 13.2 Å². The number of nitrogens with zero attached hydrogens (tertiary/aromatic N) is 1. The minimum absolute atomic E-state index is 0.338. The molecule has 2 amide bonds. The van der Waals surface area contributed by atoms with E-state index >= 15 is 0 Å². The van der Waals surface area contributed by atoms with Gasteiger partial charge < -0.3 is 25.4 Å². The number of halogens is 1. The maximum absolute atomic E-state index is 12.6. The zero-order chi connectivity index (χ0) is 22.4. The number of benzene rings is 2. The predicted octanol–water partition coefficient (Wildman–Crippen LogP) is 4.10. The normalized spacial score (nSPS) is 13.5. The number of anilines is 2. The molecule has 7 nitrogen and oxygen atoms in total. The number of amides is 2. The molecule has 0 spiro atoms. The Kier molecular flexibility index (Phi) is 7.41. The van der Waals surface area contributed by atoms with E-state index in [-0.39, 0.29) is 5.91 Å². The van der Waals surface area contributed by atoms with Crippen molar-refractivity contribution in [1.29, 1.82) is 0 Å². The number of carbonyl (C=O) groups excluding carboxylic acids is 2. The first-order chi connectivity index (χ1) is 14.9. The summed E-state index contributed by atoms with van der Waals surface area (Å²) in [6.45, 7) is 4.12. The third-order valence-corrected chi connectivity index (χ3v) is 5.23. The molecule has 1 fully saturated rings. The van der Waals surface area contributed by atoms with Gasteiger partial charge in [0.1, 0.15) is 0 Å². The topological polar surface area (TPSA) is 93.9 Å². The number of hydrogen-bond acceptors (Lipinski definition) is 5. The van der Waals surface area contributed by atoms with E-state index in [9.17, 15) is 9.59 Å². The Bertz CT molecular complexity index is 1000. The lowest BCUT2D eigenvalue weighted by molar-refractivity contribution is -0.111. The summed E-state index contributed by atoms with van der Waals surface area (Å²) < 4.78 is 10.8. The van der Waals surface area contributed by atoms with Crippen LogP contribution in [0.2, 0.25) is 5.02 Å². The molecule has 2 aromatic carbocycles. The number of nitrogens with one attached hydrogen (secondary N) is 1. The second-order valence-corrected chi connectivity index (χ2v) is 7.49. The van der Waals surface area contributed by atoms with Crippen LogP contribution in [-0.4, -0.2) is 38.6 Å². The molecule has 0 atom stereocenters. The van der Waals surface area contributed by atoms with Gasteiger partial charge >= 0.3 is 0 Å². The van der Waals surface area contributed by atoms with Crippen LogP contribution in [0.25, 0.3) is 6.08 Å². The molecule has 0 aromatic heterocycles. The number of carbonyl (C=O) groups is 2. The summed E-state index contributed by atoms with van der Waals surface area (Å²) in [4.78, 5) is 26.4. The molecule has 164 valence electrons. The summed E-state index contributed by atoms with van der Waals surface area (Å²) in [5, 5.41) is 3.26. The van der Waals surface area contributed by atoms with Crippen LogP contribution < -0.4 is 25.4 Å². The molecule has 1 aliphatic rings. The van der Waals surface area contributed by atoms with Crippen LogP contribution in [0.5, 0.6) is 11.5 Å². The first-order valence-electron chi connectivity index (χ1n) is 10.1. The first-order valence-corrected chi connectivity index (χ1v) is 10.5. The molecule has 3 rings (SSSR count). The van der Waals surface area contributed by atoms with Crippen molar-refractivity contribution in [2.75, 3.05) is 37.0 Å². The molecule has 0 aliphatic carbocycles. The second kappa shape index (κ2) is 10.2. The third-order valence-electron chi connectivity index (χ3n) is 4.95. The maximum Gasteiger partial charge on any atom is 0.248 e. The van der Waals surface area contributed by atoms with Crippen molar-refractivity contribution >= 4 is 40.9 Å². The van der Waals surface area contributed by atoms with Crippen LogP contribution in [-0.2, 0) is 4.79 Å². The number of primary amides is 1. The van der Waals surface area contributed by atoms with Crippen LogP contribution in [0, 0.1) is 0 Å². The highest BCUT2D eigenvalue weighted by atomic mass is 35.5. The molecule has 31 heavy (non-hydrogen) atoms. The van der Waals surface area contributed by atoms with E-state index in [0.717, 1.165) is 31.6 Å². The SMILES string of the molecule is CCOc1c(Cl)cc(/C=C/C(=O)Nc2cc(C(N)=O)ccc2N2CCCC2)cc1OC. The zero-order valence-electron chi connectivity index (χ0n) is 17.6. The van der Waals surface area contributed by atoms with E-state index in [1.807, 2.05) is 13.0 Å². The van der Waals surface area contributed by atoms with E-state index in [0.29, 0.717) is 39.9 Å². The Balaban J connectivity index is 1.81. The predicted molar refractivity (Wildman–Crippen MR) is 123 cm³/mol. The quantitative estimate of drug-likeness (QED) is 0.599. The monoisotopic (exact) mass is 443 g/mol. The summed E-state index contributed by atoms with van der Waals surface area (Å²) in [5.74, 6) is 0.0628. The lowest BCUT2D eigenvalue weighted by Crippen LogP contribution is -2.21. The molecule has 1 aliphatic heterocycles. The fraction of sp³-hybridized carbons (Fsp3) is 0.304. The van der Waals surface area contributed by atoms with Crippen molar-refractivity contribution in [2.24, 2.45) is 5.73 Å². The van der Waals surface area contributed by atoms with Crippen molar-refractivity contribution in [1.82, 2.24) is 0 Å². The highest BCUT2D eigenvalue weighted by Crippen LogP contribution is 2.37. The maximum atomic E-state index is 12.6. The van der Waals surface area contributed by atoms with Crippen molar-refractivity contribution in [3.05, 3.63) is 52.6 Å². The first kappa shape index (κ1) is 22.5. The molecule has 0 bridgehead atoms. The van der Waals surface area contributed by atoms with Gasteiger partial charge in [0, 0.05) is 24.7 Å².